The second-order valence-electron chi connectivity index (χ2n) is 6.59. The Kier molecular flexibility index (Phi) is 6.00. The summed E-state index contributed by atoms with van der Waals surface area (Å²) in [5, 5.41) is 2.88. The number of nitrogens with one attached hydrogen (secondary N) is 1. The lowest BCUT2D eigenvalue weighted by atomic mass is 10.2. The van der Waals surface area contributed by atoms with Gasteiger partial charge >= 0.3 is 0 Å². The van der Waals surface area contributed by atoms with Crippen molar-refractivity contribution in [3.8, 4) is 0 Å². The smallest absolute Gasteiger partial charge is 0.259 e. The average molecular weight is 380 g/mol. The number of pyridine rings is 1. The van der Waals surface area contributed by atoms with Gasteiger partial charge in [0.15, 0.2) is 0 Å². The summed E-state index contributed by atoms with van der Waals surface area (Å²) in [6.45, 7) is 3.11. The van der Waals surface area contributed by atoms with Gasteiger partial charge < -0.3 is 16.0 Å². The van der Waals surface area contributed by atoms with Crippen molar-refractivity contribution in [2.24, 2.45) is 11.5 Å². The van der Waals surface area contributed by atoms with Gasteiger partial charge in [-0.15, -0.1) is 0 Å². The first-order valence-corrected chi connectivity index (χ1v) is 9.24. The average Bonchev–Trinajstić information content (AvgIpc) is 3.01. The highest BCUT2D eigenvalue weighted by molar-refractivity contribution is 6.05. The summed E-state index contributed by atoms with van der Waals surface area (Å²) >= 11 is 0. The van der Waals surface area contributed by atoms with Crippen LogP contribution in [0, 0.1) is 6.92 Å². The molecule has 0 aliphatic rings. The molecule has 0 unspecified atom stereocenters. The first kappa shape index (κ1) is 19.5. The highest BCUT2D eigenvalue weighted by Gasteiger charge is 2.17. The van der Waals surface area contributed by atoms with Crippen LogP contribution < -0.4 is 16.8 Å². The van der Waals surface area contributed by atoms with Crippen LogP contribution in [0.4, 0.5) is 5.95 Å². The van der Waals surface area contributed by atoms with Crippen molar-refractivity contribution in [1.29, 1.82) is 0 Å². The highest BCUT2D eigenvalue weighted by atomic mass is 16.2. The lowest BCUT2D eigenvalue weighted by molar-refractivity contribution is 0.0997. The molecule has 1 aromatic carbocycles. The highest BCUT2D eigenvalue weighted by Crippen LogP contribution is 2.23. The zero-order valence-electron chi connectivity index (χ0n) is 15.8. The Labute approximate surface area is 163 Å². The van der Waals surface area contributed by atoms with Crippen LogP contribution in [0.5, 0.6) is 0 Å². The van der Waals surface area contributed by atoms with Crippen LogP contribution in [0.25, 0.3) is 11.0 Å². The summed E-state index contributed by atoms with van der Waals surface area (Å²) in [6.07, 6.45) is 4.46. The van der Waals surface area contributed by atoms with E-state index in [1.165, 1.54) is 0 Å². The van der Waals surface area contributed by atoms with E-state index < -0.39 is 5.91 Å². The van der Waals surface area contributed by atoms with E-state index in [0.29, 0.717) is 41.4 Å². The zero-order chi connectivity index (χ0) is 20.1. The molecule has 3 rings (SSSR count). The summed E-state index contributed by atoms with van der Waals surface area (Å²) in [6, 6.07) is 8.54. The van der Waals surface area contributed by atoms with Crippen LogP contribution in [-0.4, -0.2) is 32.9 Å². The van der Waals surface area contributed by atoms with Crippen molar-refractivity contribution in [1.82, 2.24) is 14.5 Å². The molecule has 5 N–H and O–H groups in total. The molecule has 0 radical (unpaired) electrons. The number of nitrogens with two attached hydrogens (primary N) is 2. The molecule has 146 valence electrons. The molecule has 8 heteroatoms. The van der Waals surface area contributed by atoms with Gasteiger partial charge in [0.05, 0.1) is 16.6 Å². The Morgan fingerprint density at radius 3 is 2.71 bits per heavy atom. The first-order chi connectivity index (χ1) is 13.5. The largest absolute Gasteiger partial charge is 0.366 e. The number of amides is 2. The van der Waals surface area contributed by atoms with Gasteiger partial charge in [-0.3, -0.25) is 19.9 Å². The van der Waals surface area contributed by atoms with E-state index in [2.05, 4.69) is 15.3 Å². The lowest BCUT2D eigenvalue weighted by Gasteiger charge is -2.11. The number of rotatable bonds is 8. The number of unbranched alkanes of at least 4 members (excludes halogenated alkanes) is 2. The van der Waals surface area contributed by atoms with Gasteiger partial charge in [0.2, 0.25) is 11.9 Å². The van der Waals surface area contributed by atoms with Crippen molar-refractivity contribution in [2.45, 2.75) is 32.7 Å². The first-order valence-electron chi connectivity index (χ1n) is 9.24. The van der Waals surface area contributed by atoms with Crippen LogP contribution in [0.2, 0.25) is 0 Å². The molecule has 3 aromatic rings. The van der Waals surface area contributed by atoms with Crippen molar-refractivity contribution in [3.63, 3.8) is 0 Å². The second kappa shape index (κ2) is 8.62. The number of hydrogen-bond acceptors (Lipinski definition) is 5. The number of fused-ring (bicyclic) bond motifs is 1. The Hall–Kier alpha value is -3.26. The summed E-state index contributed by atoms with van der Waals surface area (Å²) < 4.78 is 1.94. The number of aromatic nitrogens is 3. The topological polar surface area (TPSA) is 129 Å². The number of hydrogen-bond donors (Lipinski definition) is 3. The quantitative estimate of drug-likeness (QED) is 0.516. The molecule has 2 amide bonds. The predicted molar refractivity (Wildman–Crippen MR) is 108 cm³/mol. The number of nitrogens with zero attached hydrogens (tertiary/aromatic N) is 3. The van der Waals surface area contributed by atoms with E-state index >= 15 is 0 Å². The maximum absolute atomic E-state index is 12.7. The second-order valence-corrected chi connectivity index (χ2v) is 6.59. The van der Waals surface area contributed by atoms with Crippen LogP contribution in [0.15, 0.2) is 36.5 Å². The van der Waals surface area contributed by atoms with Crippen LogP contribution in [0.1, 0.15) is 45.7 Å². The molecule has 0 aliphatic heterocycles. The van der Waals surface area contributed by atoms with Crippen molar-refractivity contribution in [3.05, 3.63) is 53.3 Å². The third-order valence-corrected chi connectivity index (χ3v) is 4.60. The molecule has 0 bridgehead atoms. The number of benzene rings is 1. The SMILES string of the molecule is Cc1ncccc1C(=O)Nc1nc2cc(C(N)=O)ccc2n1CCCCCN. The number of anilines is 1. The van der Waals surface area contributed by atoms with Gasteiger partial charge in [-0.2, -0.15) is 0 Å². The maximum Gasteiger partial charge on any atom is 0.259 e. The molecular formula is C20H24N6O2. The monoisotopic (exact) mass is 380 g/mol. The standard InChI is InChI=1S/C20H24N6O2/c1-13-15(6-5-10-23-13)19(28)25-20-24-16-12-14(18(22)27)7-8-17(16)26(20)11-4-2-3-9-21/h5-8,10,12H,2-4,9,11,21H2,1H3,(H2,22,27)(H,24,25,28). The molecule has 0 saturated carbocycles. The normalized spacial score (nSPS) is 10.9. The van der Waals surface area contributed by atoms with Crippen LogP contribution in [-0.2, 0) is 6.54 Å². The third-order valence-electron chi connectivity index (χ3n) is 4.60. The Balaban J connectivity index is 1.95. The molecule has 0 aliphatic carbocycles. The Morgan fingerprint density at radius 1 is 1.18 bits per heavy atom. The van der Waals surface area contributed by atoms with Gasteiger partial charge in [-0.1, -0.05) is 6.42 Å². The number of carbonyl (C=O) groups excluding carboxylic acids is 2. The van der Waals surface area contributed by atoms with E-state index in [0.717, 1.165) is 24.8 Å². The molecular weight excluding hydrogens is 356 g/mol. The Bertz CT molecular complexity index is 1010. The summed E-state index contributed by atoms with van der Waals surface area (Å²) in [5.41, 5.74) is 13.9. The van der Waals surface area contributed by atoms with Crippen molar-refractivity contribution >= 4 is 28.8 Å². The molecule has 0 atom stereocenters. The summed E-state index contributed by atoms with van der Waals surface area (Å²) in [4.78, 5) is 32.9. The molecule has 0 spiro atoms. The molecule has 0 saturated heterocycles. The van der Waals surface area contributed by atoms with Crippen molar-refractivity contribution in [2.75, 3.05) is 11.9 Å². The van der Waals surface area contributed by atoms with E-state index in [9.17, 15) is 9.59 Å². The van der Waals surface area contributed by atoms with E-state index in [4.69, 9.17) is 11.5 Å². The fourth-order valence-electron chi connectivity index (χ4n) is 3.09. The molecule has 0 fully saturated rings. The van der Waals surface area contributed by atoms with E-state index in [-0.39, 0.29) is 5.91 Å². The summed E-state index contributed by atoms with van der Waals surface area (Å²) in [5.74, 6) is -0.368. The van der Waals surface area contributed by atoms with Gasteiger partial charge in [0, 0.05) is 24.0 Å². The minimum atomic E-state index is -0.518. The van der Waals surface area contributed by atoms with Crippen LogP contribution in [0.3, 0.4) is 0 Å². The van der Waals surface area contributed by atoms with E-state index in [1.807, 2.05) is 4.57 Å². The number of aryl methyl sites for hydroxylation is 2. The maximum atomic E-state index is 12.7. The van der Waals surface area contributed by atoms with Crippen LogP contribution >= 0.6 is 0 Å². The van der Waals surface area contributed by atoms with E-state index in [1.54, 1.807) is 43.5 Å². The van der Waals surface area contributed by atoms with Gasteiger partial charge in [0.25, 0.3) is 5.91 Å². The zero-order valence-corrected chi connectivity index (χ0v) is 15.8. The molecule has 2 heterocycles. The number of imidazole rings is 1. The molecule has 2 aromatic heterocycles. The molecule has 28 heavy (non-hydrogen) atoms. The predicted octanol–water partition coefficient (Wildman–Crippen LogP) is 2.22. The van der Waals surface area contributed by atoms with Gasteiger partial charge in [0.1, 0.15) is 0 Å². The fourth-order valence-corrected chi connectivity index (χ4v) is 3.09. The molecule has 8 nitrogen and oxygen atoms in total. The Morgan fingerprint density at radius 2 is 2.00 bits per heavy atom. The lowest BCUT2D eigenvalue weighted by Crippen LogP contribution is -2.17. The third kappa shape index (κ3) is 4.17. The number of carbonyl (C=O) groups is 2. The fraction of sp³-hybridized carbons (Fsp3) is 0.300. The minimum absolute atomic E-state index is 0.278. The van der Waals surface area contributed by atoms with Gasteiger partial charge in [-0.25, -0.2) is 4.98 Å². The summed E-state index contributed by atoms with van der Waals surface area (Å²) in [7, 11) is 0. The van der Waals surface area contributed by atoms with Crippen molar-refractivity contribution < 1.29 is 9.59 Å². The minimum Gasteiger partial charge on any atom is -0.366 e. The van der Waals surface area contributed by atoms with Gasteiger partial charge in [-0.05, 0) is 56.6 Å². The number of primary amides is 1.